The van der Waals surface area contributed by atoms with Gasteiger partial charge in [0.05, 0.1) is 17.7 Å². The number of terminal acetylenes is 1. The minimum atomic E-state index is -4.89. The molecule has 0 aliphatic carbocycles. The van der Waals surface area contributed by atoms with Crippen LogP contribution in [0.4, 0.5) is 13.2 Å². The zero-order chi connectivity index (χ0) is 24.9. The first kappa shape index (κ1) is 29.9. The van der Waals surface area contributed by atoms with Crippen molar-refractivity contribution in [1.82, 2.24) is 20.9 Å². The fourth-order valence-corrected chi connectivity index (χ4v) is 3.22. The van der Waals surface area contributed by atoms with Crippen LogP contribution < -0.4 is 16.0 Å². The lowest BCUT2D eigenvalue weighted by Crippen LogP contribution is -2.58. The van der Waals surface area contributed by atoms with Crippen LogP contribution in [0.25, 0.3) is 0 Å². The molecule has 0 bridgehead atoms. The third kappa shape index (κ3) is 11.5. The van der Waals surface area contributed by atoms with E-state index in [1.165, 1.54) is 0 Å². The molecule has 0 rings (SSSR count). The Morgan fingerprint density at radius 3 is 2.31 bits per heavy atom. The number of Topliss-reactive ketones (excluding diaryl/α,β-unsaturated/α-hetero) is 1. The molecule has 2 atom stereocenters. The number of unbranched alkanes of at least 4 members (excludes halogenated alkanes) is 1. The Morgan fingerprint density at radius 2 is 1.81 bits per heavy atom. The maximum atomic E-state index is 13.3. The molecule has 0 aromatic carbocycles. The topological polar surface area (TPSA) is 73.5 Å². The van der Waals surface area contributed by atoms with Crippen molar-refractivity contribution in [3.05, 3.63) is 12.2 Å². The van der Waals surface area contributed by atoms with Crippen molar-refractivity contribution in [1.29, 1.82) is 0 Å². The summed E-state index contributed by atoms with van der Waals surface area (Å²) >= 11 is 0. The first-order valence-corrected chi connectivity index (χ1v) is 11.0. The van der Waals surface area contributed by atoms with Gasteiger partial charge < -0.3 is 15.5 Å². The fraction of sp³-hybridized carbons (Fsp3) is 0.739. The largest absolute Gasteiger partial charge is 0.471 e. The summed E-state index contributed by atoms with van der Waals surface area (Å²) in [4.78, 5) is 25.2. The number of amides is 1. The van der Waals surface area contributed by atoms with Gasteiger partial charge in [-0.25, -0.2) is 0 Å². The summed E-state index contributed by atoms with van der Waals surface area (Å²) < 4.78 is 37.6. The monoisotopic (exact) mass is 460 g/mol. The van der Waals surface area contributed by atoms with E-state index in [1.807, 2.05) is 27.7 Å². The Bertz CT molecular complexity index is 657. The van der Waals surface area contributed by atoms with E-state index in [9.17, 15) is 22.8 Å². The zero-order valence-electron chi connectivity index (χ0n) is 20.0. The second-order valence-electron chi connectivity index (χ2n) is 8.67. The lowest BCUT2D eigenvalue weighted by molar-refractivity contribution is -0.184. The molecule has 0 radical (unpaired) electrons. The van der Waals surface area contributed by atoms with Crippen molar-refractivity contribution in [2.45, 2.75) is 90.1 Å². The highest BCUT2D eigenvalue weighted by Gasteiger charge is 2.41. The predicted molar refractivity (Wildman–Crippen MR) is 122 cm³/mol. The molecule has 0 aromatic heterocycles. The Balaban J connectivity index is 5.03. The lowest BCUT2D eigenvalue weighted by Gasteiger charge is -2.32. The van der Waals surface area contributed by atoms with E-state index in [-0.39, 0.29) is 18.5 Å². The Labute approximate surface area is 190 Å². The average molecular weight is 461 g/mol. The van der Waals surface area contributed by atoms with Crippen LogP contribution in [0.3, 0.4) is 0 Å². The Hall–Kier alpha value is -2.05. The van der Waals surface area contributed by atoms with E-state index in [0.717, 1.165) is 25.5 Å². The van der Waals surface area contributed by atoms with Gasteiger partial charge >= 0.3 is 12.1 Å². The van der Waals surface area contributed by atoms with E-state index < -0.39 is 23.7 Å². The number of rotatable bonds is 16. The second-order valence-corrected chi connectivity index (χ2v) is 8.67. The van der Waals surface area contributed by atoms with Crippen LogP contribution in [-0.2, 0) is 9.59 Å². The van der Waals surface area contributed by atoms with Crippen molar-refractivity contribution in [2.75, 3.05) is 20.1 Å². The molecule has 0 aliphatic rings. The lowest BCUT2D eigenvalue weighted by atomic mass is 9.90. The van der Waals surface area contributed by atoms with Crippen LogP contribution >= 0.6 is 0 Å². The molecule has 9 heteroatoms. The van der Waals surface area contributed by atoms with Gasteiger partial charge in [0, 0.05) is 19.6 Å². The molecule has 0 spiro atoms. The minimum absolute atomic E-state index is 0.0401. The number of nitrogens with one attached hydrogen (secondary N) is 3. The van der Waals surface area contributed by atoms with Gasteiger partial charge in [-0.3, -0.25) is 14.9 Å². The van der Waals surface area contributed by atoms with E-state index in [2.05, 4.69) is 28.6 Å². The number of hydrogen-bond acceptors (Lipinski definition) is 5. The van der Waals surface area contributed by atoms with Crippen LogP contribution in [0, 0.1) is 12.5 Å². The van der Waals surface area contributed by atoms with Crippen LogP contribution in [-0.4, -0.2) is 60.7 Å². The number of nitrogens with zero attached hydrogens (tertiary/aromatic N) is 1. The maximum absolute atomic E-state index is 13.3. The molecule has 0 saturated carbocycles. The van der Waals surface area contributed by atoms with Gasteiger partial charge in [-0.15, -0.1) is 6.58 Å². The maximum Gasteiger partial charge on any atom is 0.471 e. The molecule has 6 nitrogen and oxygen atoms in total. The van der Waals surface area contributed by atoms with E-state index >= 15 is 0 Å². The molecule has 2 unspecified atom stereocenters. The molecular formula is C23H39F3N4O2. The van der Waals surface area contributed by atoms with Crippen LogP contribution in [0.15, 0.2) is 12.2 Å². The highest BCUT2D eigenvalue weighted by atomic mass is 19.4. The van der Waals surface area contributed by atoms with Gasteiger partial charge in [-0.2, -0.15) is 13.2 Å². The van der Waals surface area contributed by atoms with Gasteiger partial charge in [0.2, 0.25) is 0 Å². The molecular weight excluding hydrogens is 421 g/mol. The normalized spacial score (nSPS) is 13.7. The quantitative estimate of drug-likeness (QED) is 0.108. The number of alkyl halides is 3. The van der Waals surface area contributed by atoms with Crippen molar-refractivity contribution in [2.24, 2.45) is 0 Å². The van der Waals surface area contributed by atoms with E-state index in [1.54, 1.807) is 0 Å². The molecule has 0 aliphatic heterocycles. The zero-order valence-corrected chi connectivity index (χ0v) is 20.0. The standard InChI is InChI=1S/C23H39F3N4O2/c1-8-19(27-9-2)29-18(14-10-11-16-30(7)21(32)23(24,25)26)20(31)22(5,6)28-15-12-13-17(3)4/h2,18-19,27-29H,3,8,10-16H2,1,4-7H3. The average Bonchev–Trinajstić information content (AvgIpc) is 2.70. The molecule has 3 N–H and O–H groups in total. The minimum Gasteiger partial charge on any atom is -0.338 e. The fourth-order valence-electron chi connectivity index (χ4n) is 3.22. The summed E-state index contributed by atoms with van der Waals surface area (Å²) in [7, 11) is 1.12. The number of carbonyl (C=O) groups excluding carboxylic acids is 2. The van der Waals surface area contributed by atoms with Crippen LogP contribution in [0.5, 0.6) is 0 Å². The number of allylic oxidation sites excluding steroid dienone is 1. The molecule has 184 valence electrons. The van der Waals surface area contributed by atoms with Crippen molar-refractivity contribution >= 4 is 11.7 Å². The van der Waals surface area contributed by atoms with E-state index in [4.69, 9.17) is 6.42 Å². The summed E-state index contributed by atoms with van der Waals surface area (Å²) in [6.07, 6.45) is 3.76. The third-order valence-corrected chi connectivity index (χ3v) is 5.17. The molecule has 0 saturated heterocycles. The number of halogens is 3. The Kier molecular flexibility index (Phi) is 13.3. The molecule has 0 fully saturated rings. The van der Waals surface area contributed by atoms with Crippen molar-refractivity contribution < 1.29 is 22.8 Å². The van der Waals surface area contributed by atoms with Crippen LogP contribution in [0.2, 0.25) is 0 Å². The van der Waals surface area contributed by atoms with Gasteiger partial charge in [0.25, 0.3) is 0 Å². The Morgan fingerprint density at radius 1 is 1.19 bits per heavy atom. The second kappa shape index (κ2) is 14.2. The summed E-state index contributed by atoms with van der Waals surface area (Å²) in [6.45, 7) is 12.0. The predicted octanol–water partition coefficient (Wildman–Crippen LogP) is 3.35. The van der Waals surface area contributed by atoms with Gasteiger partial charge in [0.1, 0.15) is 0 Å². The first-order valence-electron chi connectivity index (χ1n) is 11.0. The number of ketones is 1. The molecule has 0 heterocycles. The highest BCUT2D eigenvalue weighted by molar-refractivity contribution is 5.92. The van der Waals surface area contributed by atoms with Crippen molar-refractivity contribution in [3.8, 4) is 12.5 Å². The molecule has 0 aromatic rings. The number of carbonyl (C=O) groups is 2. The molecule has 32 heavy (non-hydrogen) atoms. The first-order chi connectivity index (χ1) is 14.8. The van der Waals surface area contributed by atoms with Crippen LogP contribution in [0.1, 0.15) is 66.2 Å². The summed E-state index contributed by atoms with van der Waals surface area (Å²) in [5.74, 6) is -1.92. The smallest absolute Gasteiger partial charge is 0.338 e. The number of hydrogen-bond donors (Lipinski definition) is 3. The molecule has 1 amide bonds. The van der Waals surface area contributed by atoms with E-state index in [0.29, 0.717) is 37.1 Å². The summed E-state index contributed by atoms with van der Waals surface area (Å²) in [6, 6.07) is 1.82. The van der Waals surface area contributed by atoms with Crippen molar-refractivity contribution in [3.63, 3.8) is 0 Å². The summed E-state index contributed by atoms with van der Waals surface area (Å²) in [5, 5.41) is 9.36. The third-order valence-electron chi connectivity index (χ3n) is 5.17. The van der Waals surface area contributed by atoms with Gasteiger partial charge in [-0.05, 0) is 65.8 Å². The summed E-state index contributed by atoms with van der Waals surface area (Å²) in [5.41, 5.74) is 0.278. The SMILES string of the molecule is C#CNC(CC)NC(CCCCN(C)C(=O)C(F)(F)F)C(=O)C(C)(C)NCCCC(=C)C. The van der Waals surface area contributed by atoms with Gasteiger partial charge in [-0.1, -0.05) is 18.9 Å². The highest BCUT2D eigenvalue weighted by Crippen LogP contribution is 2.18. The van der Waals surface area contributed by atoms with Gasteiger partial charge in [0.15, 0.2) is 5.78 Å².